The summed E-state index contributed by atoms with van der Waals surface area (Å²) in [7, 11) is 0. The number of nitro groups is 1. The van der Waals surface area contributed by atoms with E-state index in [9.17, 15) is 14.9 Å². The van der Waals surface area contributed by atoms with Gasteiger partial charge in [-0.1, -0.05) is 18.2 Å². The maximum atomic E-state index is 11.7. The summed E-state index contributed by atoms with van der Waals surface area (Å²) in [6.45, 7) is 0.591. The van der Waals surface area contributed by atoms with Crippen molar-refractivity contribution in [1.82, 2.24) is 5.32 Å². The molecule has 0 aliphatic rings. The standard InChI is InChI=1S/C16H16N2O3S2/c19-16(17-8-10-22-12-15-5-2-9-23-15)7-6-13-3-1-4-14(11-13)18(20)21/h1-7,9,11H,8,10,12H2,(H,17,19). The van der Waals surface area contributed by atoms with Crippen molar-refractivity contribution < 1.29 is 9.72 Å². The molecular formula is C16H16N2O3S2. The maximum Gasteiger partial charge on any atom is 0.270 e. The summed E-state index contributed by atoms with van der Waals surface area (Å²) < 4.78 is 0. The van der Waals surface area contributed by atoms with Gasteiger partial charge < -0.3 is 5.32 Å². The largest absolute Gasteiger partial charge is 0.352 e. The molecule has 0 unspecified atom stereocenters. The lowest BCUT2D eigenvalue weighted by molar-refractivity contribution is -0.384. The maximum absolute atomic E-state index is 11.7. The third kappa shape index (κ3) is 6.25. The van der Waals surface area contributed by atoms with E-state index >= 15 is 0 Å². The van der Waals surface area contributed by atoms with Gasteiger partial charge in [0.2, 0.25) is 5.91 Å². The summed E-state index contributed by atoms with van der Waals surface area (Å²) in [6.07, 6.45) is 2.96. The predicted octanol–water partition coefficient (Wildman–Crippen LogP) is 3.72. The number of non-ortho nitro benzene ring substituents is 1. The summed E-state index contributed by atoms with van der Waals surface area (Å²) in [5.74, 6) is 1.60. The molecule has 1 aromatic carbocycles. The number of rotatable bonds is 8. The number of thioether (sulfide) groups is 1. The highest BCUT2D eigenvalue weighted by Gasteiger charge is 2.04. The van der Waals surface area contributed by atoms with Gasteiger partial charge in [-0.2, -0.15) is 11.8 Å². The minimum Gasteiger partial charge on any atom is -0.352 e. The number of hydrogen-bond acceptors (Lipinski definition) is 5. The minimum atomic E-state index is -0.456. The Morgan fingerprint density at radius 1 is 1.35 bits per heavy atom. The van der Waals surface area contributed by atoms with E-state index in [1.165, 1.54) is 23.1 Å². The molecule has 0 saturated carbocycles. The summed E-state index contributed by atoms with van der Waals surface area (Å²) >= 11 is 3.50. The Labute approximate surface area is 142 Å². The van der Waals surface area contributed by atoms with Crippen LogP contribution in [0.2, 0.25) is 0 Å². The second-order valence-corrected chi connectivity index (χ2v) is 6.75. The van der Waals surface area contributed by atoms with Crippen LogP contribution in [0.4, 0.5) is 5.69 Å². The Morgan fingerprint density at radius 3 is 2.96 bits per heavy atom. The molecule has 1 amide bonds. The highest BCUT2D eigenvalue weighted by Crippen LogP contribution is 2.16. The molecule has 0 spiro atoms. The first-order valence-electron chi connectivity index (χ1n) is 6.95. The summed E-state index contributed by atoms with van der Waals surface area (Å²) in [4.78, 5) is 23.2. The van der Waals surface area contributed by atoms with Crippen LogP contribution in [0, 0.1) is 10.1 Å². The molecule has 5 nitrogen and oxygen atoms in total. The Morgan fingerprint density at radius 2 is 2.22 bits per heavy atom. The third-order valence-electron chi connectivity index (χ3n) is 2.88. The van der Waals surface area contributed by atoms with Gasteiger partial charge in [0.1, 0.15) is 0 Å². The van der Waals surface area contributed by atoms with Crippen LogP contribution in [-0.2, 0) is 10.5 Å². The van der Waals surface area contributed by atoms with Gasteiger partial charge in [0.15, 0.2) is 0 Å². The van der Waals surface area contributed by atoms with Crippen LogP contribution < -0.4 is 5.32 Å². The number of nitrogens with zero attached hydrogens (tertiary/aromatic N) is 1. The molecular weight excluding hydrogens is 332 g/mol. The molecule has 7 heteroatoms. The third-order valence-corrected chi connectivity index (χ3v) is 4.95. The Balaban J connectivity index is 1.69. The first kappa shape index (κ1) is 17.2. The van der Waals surface area contributed by atoms with Crippen molar-refractivity contribution in [1.29, 1.82) is 0 Å². The molecule has 2 aromatic rings. The zero-order valence-corrected chi connectivity index (χ0v) is 13.9. The fourth-order valence-corrected chi connectivity index (χ4v) is 3.49. The Kier molecular flexibility index (Phi) is 6.83. The smallest absolute Gasteiger partial charge is 0.270 e. The van der Waals surface area contributed by atoms with E-state index in [0.717, 1.165) is 11.5 Å². The lowest BCUT2D eigenvalue weighted by Gasteiger charge is -2.01. The molecule has 0 radical (unpaired) electrons. The normalized spacial score (nSPS) is 10.8. The van der Waals surface area contributed by atoms with E-state index in [-0.39, 0.29) is 11.6 Å². The lowest BCUT2D eigenvalue weighted by Crippen LogP contribution is -2.23. The fraction of sp³-hybridized carbons (Fsp3) is 0.188. The van der Waals surface area contributed by atoms with Crippen molar-refractivity contribution in [2.75, 3.05) is 12.3 Å². The predicted molar refractivity (Wildman–Crippen MR) is 95.6 cm³/mol. The summed E-state index contributed by atoms with van der Waals surface area (Å²) in [6, 6.07) is 10.3. The van der Waals surface area contributed by atoms with Crippen LogP contribution in [0.15, 0.2) is 47.9 Å². The van der Waals surface area contributed by atoms with Crippen molar-refractivity contribution in [2.24, 2.45) is 0 Å². The summed E-state index contributed by atoms with van der Waals surface area (Å²) in [5, 5.41) is 15.5. The second-order valence-electron chi connectivity index (χ2n) is 4.61. The van der Waals surface area contributed by atoms with E-state index in [4.69, 9.17) is 0 Å². The number of nitrogens with one attached hydrogen (secondary N) is 1. The average molecular weight is 348 g/mol. The van der Waals surface area contributed by atoms with Gasteiger partial charge in [-0.15, -0.1) is 11.3 Å². The van der Waals surface area contributed by atoms with Gasteiger partial charge in [-0.05, 0) is 23.1 Å². The zero-order chi connectivity index (χ0) is 16.5. The quantitative estimate of drug-likeness (QED) is 0.341. The number of carbonyl (C=O) groups is 1. The van der Waals surface area contributed by atoms with Crippen molar-refractivity contribution in [3.63, 3.8) is 0 Å². The van der Waals surface area contributed by atoms with Gasteiger partial charge in [-0.3, -0.25) is 14.9 Å². The molecule has 1 N–H and O–H groups in total. The van der Waals surface area contributed by atoms with Crippen LogP contribution >= 0.6 is 23.1 Å². The molecule has 23 heavy (non-hydrogen) atoms. The van der Waals surface area contributed by atoms with Crippen LogP contribution in [-0.4, -0.2) is 23.1 Å². The van der Waals surface area contributed by atoms with Crippen molar-refractivity contribution >= 4 is 40.8 Å². The molecule has 2 rings (SSSR count). The van der Waals surface area contributed by atoms with E-state index in [2.05, 4.69) is 16.8 Å². The highest BCUT2D eigenvalue weighted by atomic mass is 32.2. The number of amides is 1. The van der Waals surface area contributed by atoms with Gasteiger partial charge in [-0.25, -0.2) is 0 Å². The average Bonchev–Trinajstić information content (AvgIpc) is 3.06. The molecule has 0 aliphatic heterocycles. The Hall–Kier alpha value is -2.12. The van der Waals surface area contributed by atoms with Crippen molar-refractivity contribution in [2.45, 2.75) is 5.75 Å². The topological polar surface area (TPSA) is 72.2 Å². The van der Waals surface area contributed by atoms with Crippen LogP contribution in [0.3, 0.4) is 0 Å². The molecule has 1 aromatic heterocycles. The van der Waals surface area contributed by atoms with Crippen LogP contribution in [0.1, 0.15) is 10.4 Å². The van der Waals surface area contributed by atoms with E-state index in [1.807, 2.05) is 6.07 Å². The van der Waals surface area contributed by atoms with Gasteiger partial charge in [0, 0.05) is 41.1 Å². The molecule has 0 saturated heterocycles. The molecule has 120 valence electrons. The number of nitro benzene ring substituents is 1. The molecule has 0 bridgehead atoms. The second kappa shape index (κ2) is 9.12. The highest BCUT2D eigenvalue weighted by molar-refractivity contribution is 7.98. The number of thiophene rings is 1. The number of benzene rings is 1. The fourth-order valence-electron chi connectivity index (χ4n) is 1.79. The van der Waals surface area contributed by atoms with Gasteiger partial charge in [0.25, 0.3) is 5.69 Å². The van der Waals surface area contributed by atoms with Gasteiger partial charge >= 0.3 is 0 Å². The van der Waals surface area contributed by atoms with E-state index in [0.29, 0.717) is 12.1 Å². The zero-order valence-electron chi connectivity index (χ0n) is 12.3. The number of hydrogen-bond donors (Lipinski definition) is 1. The van der Waals surface area contributed by atoms with E-state index in [1.54, 1.807) is 41.3 Å². The Bertz CT molecular complexity index is 684. The van der Waals surface area contributed by atoms with Crippen LogP contribution in [0.5, 0.6) is 0 Å². The number of carbonyl (C=O) groups excluding carboxylic acids is 1. The monoisotopic (exact) mass is 348 g/mol. The molecule has 0 aliphatic carbocycles. The first-order chi connectivity index (χ1) is 11.1. The SMILES string of the molecule is O=C(C=Cc1cccc([N+](=O)[O-])c1)NCCSCc1cccs1. The van der Waals surface area contributed by atoms with E-state index < -0.39 is 4.92 Å². The molecule has 1 heterocycles. The van der Waals surface area contributed by atoms with Crippen molar-refractivity contribution in [3.05, 3.63) is 68.4 Å². The lowest BCUT2D eigenvalue weighted by atomic mass is 10.2. The minimum absolute atomic E-state index is 0.0116. The van der Waals surface area contributed by atoms with Crippen LogP contribution in [0.25, 0.3) is 6.08 Å². The first-order valence-corrected chi connectivity index (χ1v) is 8.99. The van der Waals surface area contributed by atoms with Gasteiger partial charge in [0.05, 0.1) is 4.92 Å². The summed E-state index contributed by atoms with van der Waals surface area (Å²) in [5.41, 5.74) is 0.638. The van der Waals surface area contributed by atoms with Crippen molar-refractivity contribution in [3.8, 4) is 0 Å². The molecule has 0 atom stereocenters. The molecule has 0 fully saturated rings.